The molecule has 0 saturated heterocycles. The number of nitrogens with zero attached hydrogens (tertiary/aromatic N) is 2. The smallest absolute Gasteiger partial charge is 0.267 e. The van der Waals surface area contributed by atoms with Crippen molar-refractivity contribution < 1.29 is 14.4 Å². The van der Waals surface area contributed by atoms with E-state index in [0.717, 1.165) is 55.8 Å². The monoisotopic (exact) mass is 539 g/mol. The van der Waals surface area contributed by atoms with Crippen molar-refractivity contribution in [1.29, 1.82) is 10.5 Å². The molecule has 4 atom stereocenters. The zero-order valence-electron chi connectivity index (χ0n) is 21.3. The van der Waals surface area contributed by atoms with Gasteiger partial charge in [-0.3, -0.25) is 14.4 Å². The zero-order chi connectivity index (χ0) is 27.5. The van der Waals surface area contributed by atoms with Gasteiger partial charge in [0.15, 0.2) is 0 Å². The molecule has 0 unspecified atom stereocenters. The Morgan fingerprint density at radius 1 is 0.921 bits per heavy atom. The van der Waals surface area contributed by atoms with Gasteiger partial charge in [0.25, 0.3) is 5.91 Å². The first kappa shape index (κ1) is 29.0. The number of amides is 3. The number of rotatable bonds is 6. The number of hydrogen-bond acceptors (Lipinski definition) is 6. The average Bonchev–Trinajstić information content (AvgIpc) is 3.35. The summed E-state index contributed by atoms with van der Waals surface area (Å²) in [5.74, 6) is -0.854. The first-order valence-corrected chi connectivity index (χ1v) is 13.4. The van der Waals surface area contributed by atoms with Gasteiger partial charge >= 0.3 is 0 Å². The minimum atomic E-state index is -0.301. The van der Waals surface area contributed by atoms with Crippen LogP contribution in [-0.4, -0.2) is 47.9 Å². The number of carbonyl (C=O) groups excluding carboxylic acids is 3. The molecule has 11 heteroatoms. The minimum Gasteiger partial charge on any atom is -0.350 e. The van der Waals surface area contributed by atoms with Crippen molar-refractivity contribution in [2.24, 2.45) is 17.6 Å². The maximum Gasteiger partial charge on any atom is 0.267 e. The number of aromatic nitrogens is 1. The van der Waals surface area contributed by atoms with Crippen molar-refractivity contribution in [2.75, 3.05) is 13.1 Å². The van der Waals surface area contributed by atoms with Crippen molar-refractivity contribution in [2.45, 2.75) is 63.5 Å². The van der Waals surface area contributed by atoms with E-state index in [4.69, 9.17) is 27.9 Å². The molecule has 1 aromatic heterocycles. The normalized spacial score (nSPS) is 22.6. The van der Waals surface area contributed by atoms with Crippen LogP contribution in [-0.2, 0) is 9.59 Å². The Morgan fingerprint density at radius 3 is 2.18 bits per heavy atom. The molecular weight excluding hydrogens is 506 g/mol. The van der Waals surface area contributed by atoms with Gasteiger partial charge in [-0.05, 0) is 43.9 Å². The number of nitrogens with one attached hydrogen (secondary N) is 4. The molecule has 6 N–H and O–H groups in total. The highest BCUT2D eigenvalue weighted by molar-refractivity contribution is 6.31. The number of fused-ring (bicyclic) bond motifs is 1. The van der Waals surface area contributed by atoms with Crippen molar-refractivity contribution >= 4 is 40.2 Å². The Hall–Kier alpha value is -3.60. The van der Waals surface area contributed by atoms with Gasteiger partial charge < -0.3 is 26.7 Å². The molecule has 2 aliphatic carbocycles. The van der Waals surface area contributed by atoms with Crippen molar-refractivity contribution in [1.82, 2.24) is 20.9 Å². The van der Waals surface area contributed by atoms with Gasteiger partial charge in [-0.2, -0.15) is 10.5 Å². The Morgan fingerprint density at radius 2 is 1.53 bits per heavy atom. The second kappa shape index (κ2) is 14.4. The first-order chi connectivity index (χ1) is 18.3. The largest absolute Gasteiger partial charge is 0.350 e. The van der Waals surface area contributed by atoms with Crippen LogP contribution < -0.4 is 21.7 Å². The van der Waals surface area contributed by atoms with Crippen LogP contribution in [0.1, 0.15) is 61.9 Å². The fourth-order valence-electron chi connectivity index (χ4n) is 5.09. The van der Waals surface area contributed by atoms with E-state index in [2.05, 4.69) is 20.9 Å². The second-order valence-electron chi connectivity index (χ2n) is 9.69. The molecule has 0 radical (unpaired) electrons. The van der Waals surface area contributed by atoms with Crippen LogP contribution in [0.4, 0.5) is 0 Å². The Kier molecular flexibility index (Phi) is 11.0. The Labute approximate surface area is 227 Å². The number of carbonyl (C=O) groups is 3. The number of halogens is 1. The quantitative estimate of drug-likeness (QED) is 0.352. The lowest BCUT2D eigenvalue weighted by atomic mass is 9.83. The molecule has 2 fully saturated rings. The molecule has 1 aromatic carbocycles. The van der Waals surface area contributed by atoms with E-state index in [9.17, 15) is 14.4 Å². The van der Waals surface area contributed by atoms with E-state index in [1.165, 1.54) is 0 Å². The molecule has 0 spiro atoms. The molecular formula is C27H34ClN7O3. The van der Waals surface area contributed by atoms with Gasteiger partial charge in [0.2, 0.25) is 11.8 Å². The summed E-state index contributed by atoms with van der Waals surface area (Å²) in [7, 11) is 0. The van der Waals surface area contributed by atoms with Crippen LogP contribution in [0, 0.1) is 34.5 Å². The summed E-state index contributed by atoms with van der Waals surface area (Å²) in [6.45, 7) is 0.0703. The molecule has 3 amide bonds. The van der Waals surface area contributed by atoms with Crippen LogP contribution in [0.3, 0.4) is 0 Å². The number of H-pyrrole nitrogens is 1. The minimum absolute atomic E-state index is 0.0151. The standard InChI is InChI=1S/C18H19ClN4O2.C9H15N3O/c19-12-6-5-11-9-16(22-15(11)10-12)18(25)23-14-4-2-1-3-13(14)17(24)21-8-7-20;10-5-6-12-9(13)7-3-1-2-4-8(7)11/h5-6,9-10,13-14,22H,1-4,8H2,(H,21,24)(H,23,25);7-8H,1-4,6,11H2,(H,12,13)/t13-,14+;7-,8+/m11/s1. The van der Waals surface area contributed by atoms with Gasteiger partial charge in [-0.25, -0.2) is 0 Å². The maximum absolute atomic E-state index is 12.6. The van der Waals surface area contributed by atoms with E-state index < -0.39 is 0 Å². The van der Waals surface area contributed by atoms with E-state index in [0.29, 0.717) is 17.1 Å². The van der Waals surface area contributed by atoms with Crippen LogP contribution in [0.15, 0.2) is 24.3 Å². The van der Waals surface area contributed by atoms with Crippen LogP contribution >= 0.6 is 11.6 Å². The average molecular weight is 540 g/mol. The highest BCUT2D eigenvalue weighted by Gasteiger charge is 2.32. The van der Waals surface area contributed by atoms with Crippen LogP contribution in [0.25, 0.3) is 10.9 Å². The van der Waals surface area contributed by atoms with Crippen LogP contribution in [0.5, 0.6) is 0 Å². The van der Waals surface area contributed by atoms with Crippen molar-refractivity contribution in [3.63, 3.8) is 0 Å². The van der Waals surface area contributed by atoms with Gasteiger partial charge in [0.1, 0.15) is 18.8 Å². The van der Waals surface area contributed by atoms with Crippen LogP contribution in [0.2, 0.25) is 5.02 Å². The van der Waals surface area contributed by atoms with E-state index in [1.54, 1.807) is 18.2 Å². The van der Waals surface area contributed by atoms with E-state index in [1.807, 2.05) is 18.2 Å². The second-order valence-corrected chi connectivity index (χ2v) is 10.1. The van der Waals surface area contributed by atoms with E-state index in [-0.39, 0.29) is 54.7 Å². The molecule has 2 aromatic rings. The molecule has 10 nitrogen and oxygen atoms in total. The van der Waals surface area contributed by atoms with Gasteiger partial charge in [-0.1, -0.05) is 43.4 Å². The number of aromatic amines is 1. The molecule has 1 heterocycles. The zero-order valence-corrected chi connectivity index (χ0v) is 22.0. The molecule has 2 aliphatic rings. The van der Waals surface area contributed by atoms with Crippen molar-refractivity contribution in [3.8, 4) is 12.1 Å². The third-order valence-corrected chi connectivity index (χ3v) is 7.32. The highest BCUT2D eigenvalue weighted by Crippen LogP contribution is 2.26. The molecule has 4 rings (SSSR count). The third-order valence-electron chi connectivity index (χ3n) is 7.09. The van der Waals surface area contributed by atoms with Gasteiger partial charge in [-0.15, -0.1) is 0 Å². The van der Waals surface area contributed by atoms with Gasteiger partial charge in [0.05, 0.1) is 24.0 Å². The predicted molar refractivity (Wildman–Crippen MR) is 144 cm³/mol. The molecule has 0 bridgehead atoms. The SMILES string of the molecule is N#CCNC(=O)[C@@H]1CCCC[C@@H]1N.N#CCNC(=O)[C@@H]1CCCC[C@@H]1NC(=O)c1cc2ccc(Cl)cc2[nH]1. The predicted octanol–water partition coefficient (Wildman–Crippen LogP) is 2.89. The fourth-order valence-corrected chi connectivity index (χ4v) is 5.26. The summed E-state index contributed by atoms with van der Waals surface area (Å²) in [6, 6.07) is 10.7. The number of hydrogen-bond donors (Lipinski definition) is 5. The third kappa shape index (κ3) is 7.95. The molecule has 202 valence electrons. The Bertz CT molecular complexity index is 1220. The summed E-state index contributed by atoms with van der Waals surface area (Å²) in [5, 5.41) is 26.5. The van der Waals surface area contributed by atoms with Gasteiger partial charge in [0, 0.05) is 28.0 Å². The lowest BCUT2D eigenvalue weighted by Crippen LogP contribution is -2.48. The lowest BCUT2D eigenvalue weighted by molar-refractivity contribution is -0.127. The highest BCUT2D eigenvalue weighted by atomic mass is 35.5. The lowest BCUT2D eigenvalue weighted by Gasteiger charge is -2.30. The summed E-state index contributed by atoms with van der Waals surface area (Å²) in [4.78, 5) is 39.3. The molecule has 0 aliphatic heterocycles. The molecule has 2 saturated carbocycles. The molecule has 38 heavy (non-hydrogen) atoms. The topological polar surface area (TPSA) is 177 Å². The summed E-state index contributed by atoms with van der Waals surface area (Å²) in [6.07, 6.45) is 7.34. The summed E-state index contributed by atoms with van der Waals surface area (Å²) >= 11 is 5.97. The fraction of sp³-hybridized carbons (Fsp3) is 0.519. The summed E-state index contributed by atoms with van der Waals surface area (Å²) < 4.78 is 0. The van der Waals surface area contributed by atoms with Crippen molar-refractivity contribution in [3.05, 3.63) is 35.0 Å². The first-order valence-electron chi connectivity index (χ1n) is 13.0. The summed E-state index contributed by atoms with van der Waals surface area (Å²) in [5.41, 5.74) is 7.05. The maximum atomic E-state index is 12.6. The van der Waals surface area contributed by atoms with E-state index >= 15 is 0 Å². The number of benzene rings is 1. The Balaban J connectivity index is 0.000000260. The number of nitrogens with two attached hydrogens (primary N) is 1. The number of nitriles is 2.